The van der Waals surface area contributed by atoms with Gasteiger partial charge in [0.2, 0.25) is 11.8 Å². The number of rotatable bonds is 10. The number of hydrogen-bond acceptors (Lipinski definition) is 5. The first-order valence-corrected chi connectivity index (χ1v) is 11.1. The summed E-state index contributed by atoms with van der Waals surface area (Å²) >= 11 is 1.31. The van der Waals surface area contributed by atoms with Crippen molar-refractivity contribution < 1.29 is 9.59 Å². The van der Waals surface area contributed by atoms with Crippen LogP contribution in [-0.2, 0) is 35.8 Å². The van der Waals surface area contributed by atoms with Crippen LogP contribution in [0.25, 0.3) is 0 Å². The fourth-order valence-corrected chi connectivity index (χ4v) is 3.98. The van der Waals surface area contributed by atoms with E-state index in [-0.39, 0.29) is 23.3 Å². The van der Waals surface area contributed by atoms with Gasteiger partial charge in [0, 0.05) is 48.7 Å². The Morgan fingerprint density at radius 3 is 1.48 bits per heavy atom. The summed E-state index contributed by atoms with van der Waals surface area (Å²) in [6.07, 6.45) is 0. The zero-order valence-electron chi connectivity index (χ0n) is 18.3. The summed E-state index contributed by atoms with van der Waals surface area (Å²) < 4.78 is 3.87. The van der Waals surface area contributed by atoms with Crippen LogP contribution in [0.4, 0.5) is 0 Å². The van der Waals surface area contributed by atoms with Gasteiger partial charge in [-0.1, -0.05) is 0 Å². The molecular formula is C20H32N6O2S. The Morgan fingerprint density at radius 2 is 1.17 bits per heavy atom. The molecule has 2 aromatic heterocycles. The Labute approximate surface area is 176 Å². The minimum Gasteiger partial charge on any atom is -0.351 e. The molecule has 0 aliphatic carbocycles. The largest absolute Gasteiger partial charge is 0.351 e. The van der Waals surface area contributed by atoms with Crippen LogP contribution in [0, 0.1) is 27.7 Å². The van der Waals surface area contributed by atoms with E-state index in [9.17, 15) is 9.59 Å². The SMILES string of the molecule is CCn1nc(C)c(CNC(=O)CSCC(=O)NCc2c(C)nn(CC)c2C)c1C. The number of hydrogen-bond donors (Lipinski definition) is 2. The number of amides is 2. The van der Waals surface area contributed by atoms with Crippen molar-refractivity contribution in [3.05, 3.63) is 33.9 Å². The second-order valence-electron chi connectivity index (χ2n) is 6.98. The minimum atomic E-state index is -0.0817. The van der Waals surface area contributed by atoms with Crippen LogP contribution in [0.1, 0.15) is 47.8 Å². The maximum atomic E-state index is 12.1. The van der Waals surface area contributed by atoms with Gasteiger partial charge in [-0.2, -0.15) is 10.2 Å². The normalized spacial score (nSPS) is 11.0. The Morgan fingerprint density at radius 1 is 0.793 bits per heavy atom. The van der Waals surface area contributed by atoms with Crippen molar-refractivity contribution in [2.24, 2.45) is 0 Å². The highest BCUT2D eigenvalue weighted by atomic mass is 32.2. The highest BCUT2D eigenvalue weighted by Gasteiger charge is 2.13. The summed E-state index contributed by atoms with van der Waals surface area (Å²) in [4.78, 5) is 24.2. The van der Waals surface area contributed by atoms with Gasteiger partial charge >= 0.3 is 0 Å². The number of carbonyl (C=O) groups excluding carboxylic acids is 2. The second-order valence-corrected chi connectivity index (χ2v) is 7.96. The average Bonchev–Trinajstić information content (AvgIpc) is 3.12. The molecule has 29 heavy (non-hydrogen) atoms. The van der Waals surface area contributed by atoms with Gasteiger partial charge in [-0.05, 0) is 41.5 Å². The van der Waals surface area contributed by atoms with E-state index in [1.54, 1.807) is 0 Å². The van der Waals surface area contributed by atoms with Gasteiger partial charge in [0.25, 0.3) is 0 Å². The van der Waals surface area contributed by atoms with Crippen molar-refractivity contribution >= 4 is 23.6 Å². The van der Waals surface area contributed by atoms with Crippen molar-refractivity contribution in [1.29, 1.82) is 0 Å². The molecule has 8 nitrogen and oxygen atoms in total. The molecule has 0 unspecified atom stereocenters. The molecule has 0 aliphatic rings. The van der Waals surface area contributed by atoms with Gasteiger partial charge in [0.15, 0.2) is 0 Å². The molecule has 0 fully saturated rings. The fourth-order valence-electron chi connectivity index (χ4n) is 3.31. The van der Waals surface area contributed by atoms with E-state index in [4.69, 9.17) is 0 Å². The van der Waals surface area contributed by atoms with Crippen LogP contribution in [0.3, 0.4) is 0 Å². The van der Waals surface area contributed by atoms with Crippen LogP contribution in [-0.4, -0.2) is 42.9 Å². The van der Waals surface area contributed by atoms with Gasteiger partial charge in [0.05, 0.1) is 22.9 Å². The number of aromatic nitrogens is 4. The van der Waals surface area contributed by atoms with E-state index in [0.717, 1.165) is 47.0 Å². The molecule has 160 valence electrons. The molecule has 0 spiro atoms. The number of thioether (sulfide) groups is 1. The number of nitrogens with zero attached hydrogens (tertiary/aromatic N) is 4. The zero-order chi connectivity index (χ0) is 21.6. The van der Waals surface area contributed by atoms with Crippen molar-refractivity contribution in [2.45, 2.75) is 67.7 Å². The van der Waals surface area contributed by atoms with E-state index in [2.05, 4.69) is 20.8 Å². The second kappa shape index (κ2) is 10.5. The molecule has 2 N–H and O–H groups in total. The predicted octanol–water partition coefficient (Wildman–Crippen LogP) is 2.02. The smallest absolute Gasteiger partial charge is 0.230 e. The Balaban J connectivity index is 1.71. The lowest BCUT2D eigenvalue weighted by Crippen LogP contribution is -2.28. The number of nitrogens with one attached hydrogen (secondary N) is 2. The predicted molar refractivity (Wildman–Crippen MR) is 116 cm³/mol. The van der Waals surface area contributed by atoms with E-state index in [1.807, 2.05) is 50.9 Å². The minimum absolute atomic E-state index is 0.0817. The first-order valence-electron chi connectivity index (χ1n) is 9.95. The number of aryl methyl sites for hydroxylation is 4. The van der Waals surface area contributed by atoms with Gasteiger partial charge in [-0.25, -0.2) is 0 Å². The van der Waals surface area contributed by atoms with Crippen molar-refractivity contribution in [1.82, 2.24) is 30.2 Å². The third-order valence-electron chi connectivity index (χ3n) is 5.05. The van der Waals surface area contributed by atoms with Crippen molar-refractivity contribution in [3.63, 3.8) is 0 Å². The molecule has 0 aliphatic heterocycles. The molecule has 0 aromatic carbocycles. The van der Waals surface area contributed by atoms with Gasteiger partial charge in [-0.3, -0.25) is 19.0 Å². The molecule has 0 saturated carbocycles. The molecular weight excluding hydrogens is 388 g/mol. The molecule has 0 radical (unpaired) electrons. The molecule has 2 aromatic rings. The van der Waals surface area contributed by atoms with Crippen molar-refractivity contribution in [2.75, 3.05) is 11.5 Å². The fraction of sp³-hybridized carbons (Fsp3) is 0.600. The average molecular weight is 421 g/mol. The Bertz CT molecular complexity index is 801. The lowest BCUT2D eigenvalue weighted by Gasteiger charge is -2.08. The summed E-state index contributed by atoms with van der Waals surface area (Å²) in [6.45, 7) is 14.6. The van der Waals surface area contributed by atoms with Crippen LogP contribution in [0.2, 0.25) is 0 Å². The summed E-state index contributed by atoms with van der Waals surface area (Å²) in [5, 5.41) is 14.8. The summed E-state index contributed by atoms with van der Waals surface area (Å²) in [5.74, 6) is 0.335. The standard InChI is InChI=1S/C20H32N6O2S/c1-7-25-15(5)17(13(3)23-25)9-21-19(27)11-29-12-20(28)22-10-18-14(4)24-26(8-2)16(18)6/h7-12H2,1-6H3,(H,21,27)(H,22,28). The lowest BCUT2D eigenvalue weighted by atomic mass is 10.2. The highest BCUT2D eigenvalue weighted by molar-refractivity contribution is 8.00. The van der Waals surface area contributed by atoms with E-state index in [1.165, 1.54) is 11.8 Å². The van der Waals surface area contributed by atoms with Crippen LogP contribution in [0.15, 0.2) is 0 Å². The highest BCUT2D eigenvalue weighted by Crippen LogP contribution is 2.14. The van der Waals surface area contributed by atoms with Gasteiger partial charge in [-0.15, -0.1) is 11.8 Å². The monoisotopic (exact) mass is 420 g/mol. The zero-order valence-corrected chi connectivity index (χ0v) is 19.1. The van der Waals surface area contributed by atoms with Crippen LogP contribution in [0.5, 0.6) is 0 Å². The van der Waals surface area contributed by atoms with Gasteiger partial charge < -0.3 is 10.6 Å². The van der Waals surface area contributed by atoms with E-state index < -0.39 is 0 Å². The maximum absolute atomic E-state index is 12.1. The molecule has 2 amide bonds. The lowest BCUT2D eigenvalue weighted by molar-refractivity contribution is -0.119. The summed E-state index contributed by atoms with van der Waals surface area (Å²) in [6, 6.07) is 0. The summed E-state index contributed by atoms with van der Waals surface area (Å²) in [7, 11) is 0. The molecule has 9 heteroatoms. The quantitative estimate of drug-likeness (QED) is 0.613. The van der Waals surface area contributed by atoms with E-state index >= 15 is 0 Å². The molecule has 0 saturated heterocycles. The third kappa shape index (κ3) is 5.85. The molecule has 2 heterocycles. The summed E-state index contributed by atoms with van der Waals surface area (Å²) in [5.41, 5.74) is 6.15. The maximum Gasteiger partial charge on any atom is 0.230 e. The molecule has 0 bridgehead atoms. The Kier molecular flexibility index (Phi) is 8.31. The Hall–Kier alpha value is -2.29. The number of carbonyl (C=O) groups is 2. The topological polar surface area (TPSA) is 93.8 Å². The molecule has 0 atom stereocenters. The van der Waals surface area contributed by atoms with Crippen LogP contribution < -0.4 is 10.6 Å². The van der Waals surface area contributed by atoms with E-state index in [0.29, 0.717) is 13.1 Å². The van der Waals surface area contributed by atoms with Crippen molar-refractivity contribution in [3.8, 4) is 0 Å². The molecule has 2 rings (SSSR count). The first kappa shape index (κ1) is 23.0. The first-order chi connectivity index (χ1) is 13.8. The van der Waals surface area contributed by atoms with Crippen LogP contribution >= 0.6 is 11.8 Å². The van der Waals surface area contributed by atoms with Gasteiger partial charge in [0.1, 0.15) is 0 Å². The third-order valence-corrected chi connectivity index (χ3v) is 5.99.